The first kappa shape index (κ1) is 17.2. The van der Waals surface area contributed by atoms with E-state index in [1.165, 1.54) is 24.0 Å². The van der Waals surface area contributed by atoms with Gasteiger partial charge >= 0.3 is 0 Å². The number of nitrogens with one attached hydrogen (secondary N) is 1. The Bertz CT molecular complexity index is 393. The lowest BCUT2D eigenvalue weighted by Crippen LogP contribution is -2.46. The van der Waals surface area contributed by atoms with Crippen molar-refractivity contribution in [1.29, 1.82) is 0 Å². The van der Waals surface area contributed by atoms with Crippen LogP contribution in [0.25, 0.3) is 0 Å². The van der Waals surface area contributed by atoms with Crippen LogP contribution in [-0.4, -0.2) is 30.1 Å². The molecule has 2 nitrogen and oxygen atoms in total. The minimum absolute atomic E-state index is 0.190. The molecular formula is C18H32N2. The highest BCUT2D eigenvalue weighted by Gasteiger charge is 2.17. The van der Waals surface area contributed by atoms with E-state index in [1.54, 1.807) is 0 Å². The number of hydrogen-bond acceptors (Lipinski definition) is 2. The summed E-state index contributed by atoms with van der Waals surface area (Å²) in [7, 11) is 2.25. The zero-order valence-electron chi connectivity index (χ0n) is 14.2. The fourth-order valence-electron chi connectivity index (χ4n) is 2.42. The normalized spacial score (nSPS) is 13.8. The molecule has 0 saturated heterocycles. The van der Waals surface area contributed by atoms with Crippen molar-refractivity contribution in [2.45, 2.75) is 65.6 Å². The summed E-state index contributed by atoms with van der Waals surface area (Å²) in [4.78, 5) is 2.49. The first-order valence-corrected chi connectivity index (χ1v) is 7.83. The van der Waals surface area contributed by atoms with E-state index >= 15 is 0 Å². The van der Waals surface area contributed by atoms with Crippen molar-refractivity contribution in [1.82, 2.24) is 10.2 Å². The summed E-state index contributed by atoms with van der Waals surface area (Å²) in [6.45, 7) is 13.3. The fourth-order valence-corrected chi connectivity index (χ4v) is 2.42. The van der Waals surface area contributed by atoms with Gasteiger partial charge in [-0.15, -0.1) is 0 Å². The Morgan fingerprint density at radius 3 is 2.40 bits per heavy atom. The van der Waals surface area contributed by atoms with Crippen LogP contribution in [-0.2, 0) is 6.54 Å². The number of likely N-dealkylation sites (N-methyl/N-ethyl adjacent to an activating group) is 1. The summed E-state index contributed by atoms with van der Waals surface area (Å²) in [5, 5.41) is 3.65. The van der Waals surface area contributed by atoms with Crippen LogP contribution < -0.4 is 5.32 Å². The molecule has 114 valence electrons. The zero-order valence-corrected chi connectivity index (χ0v) is 14.2. The van der Waals surface area contributed by atoms with Crippen LogP contribution >= 0.6 is 0 Å². The minimum Gasteiger partial charge on any atom is -0.311 e. The van der Waals surface area contributed by atoms with Gasteiger partial charge in [0.05, 0.1) is 0 Å². The van der Waals surface area contributed by atoms with Gasteiger partial charge in [0, 0.05) is 24.7 Å². The largest absolute Gasteiger partial charge is 0.311 e. The van der Waals surface area contributed by atoms with Crippen LogP contribution in [0.3, 0.4) is 0 Å². The molecule has 1 rings (SSSR count). The quantitative estimate of drug-likeness (QED) is 0.810. The molecule has 0 saturated carbocycles. The van der Waals surface area contributed by atoms with Crippen molar-refractivity contribution in [3.63, 3.8) is 0 Å². The minimum atomic E-state index is 0.190. The highest BCUT2D eigenvalue weighted by Crippen LogP contribution is 2.14. The van der Waals surface area contributed by atoms with E-state index in [-0.39, 0.29) is 5.54 Å². The third-order valence-corrected chi connectivity index (χ3v) is 3.79. The molecule has 0 fully saturated rings. The van der Waals surface area contributed by atoms with Gasteiger partial charge < -0.3 is 5.32 Å². The number of benzene rings is 1. The molecular weight excluding hydrogens is 244 g/mol. The Hall–Kier alpha value is -0.860. The Morgan fingerprint density at radius 1 is 1.20 bits per heavy atom. The Balaban J connectivity index is 2.64. The van der Waals surface area contributed by atoms with Gasteiger partial charge in [-0.3, -0.25) is 4.90 Å². The predicted molar refractivity (Wildman–Crippen MR) is 89.1 cm³/mol. The first-order chi connectivity index (χ1) is 9.33. The van der Waals surface area contributed by atoms with Crippen molar-refractivity contribution < 1.29 is 0 Å². The number of hydrogen-bond donors (Lipinski definition) is 1. The molecule has 0 amide bonds. The van der Waals surface area contributed by atoms with Gasteiger partial charge in [-0.2, -0.15) is 0 Å². The van der Waals surface area contributed by atoms with E-state index in [4.69, 9.17) is 0 Å². The van der Waals surface area contributed by atoms with E-state index < -0.39 is 0 Å². The summed E-state index contributed by atoms with van der Waals surface area (Å²) in [5.74, 6) is 0. The molecule has 0 aliphatic carbocycles. The number of nitrogens with zero attached hydrogens (tertiary/aromatic N) is 1. The molecule has 1 aromatic carbocycles. The van der Waals surface area contributed by atoms with Crippen molar-refractivity contribution >= 4 is 0 Å². The summed E-state index contributed by atoms with van der Waals surface area (Å²) >= 11 is 0. The molecule has 1 N–H and O–H groups in total. The molecule has 0 aromatic heterocycles. The van der Waals surface area contributed by atoms with Gasteiger partial charge in [0.1, 0.15) is 0 Å². The van der Waals surface area contributed by atoms with Gasteiger partial charge in [0.15, 0.2) is 0 Å². The first-order valence-electron chi connectivity index (χ1n) is 7.83. The van der Waals surface area contributed by atoms with E-state index in [1.807, 2.05) is 0 Å². The summed E-state index contributed by atoms with van der Waals surface area (Å²) < 4.78 is 0. The molecule has 0 aliphatic heterocycles. The second-order valence-corrected chi connectivity index (χ2v) is 6.91. The topological polar surface area (TPSA) is 15.3 Å². The van der Waals surface area contributed by atoms with Crippen LogP contribution in [0.1, 0.15) is 51.7 Å². The SMILES string of the molecule is CCCC(CNC(C)(C)C)N(C)Cc1ccccc1C. The van der Waals surface area contributed by atoms with Gasteiger partial charge in [-0.05, 0) is 52.3 Å². The molecule has 1 aromatic rings. The lowest BCUT2D eigenvalue weighted by Gasteiger charge is -2.32. The monoisotopic (exact) mass is 276 g/mol. The second-order valence-electron chi connectivity index (χ2n) is 6.91. The Morgan fingerprint density at radius 2 is 1.85 bits per heavy atom. The molecule has 0 heterocycles. The molecule has 20 heavy (non-hydrogen) atoms. The van der Waals surface area contributed by atoms with Crippen LogP contribution in [0.15, 0.2) is 24.3 Å². The van der Waals surface area contributed by atoms with Crippen molar-refractivity contribution in [2.24, 2.45) is 0 Å². The second kappa shape index (κ2) is 7.80. The van der Waals surface area contributed by atoms with Crippen molar-refractivity contribution in [3.8, 4) is 0 Å². The highest BCUT2D eigenvalue weighted by molar-refractivity contribution is 5.25. The maximum atomic E-state index is 3.65. The Labute approximate surface area is 125 Å². The molecule has 0 radical (unpaired) electrons. The average Bonchev–Trinajstić information content (AvgIpc) is 2.36. The maximum Gasteiger partial charge on any atom is 0.0236 e. The van der Waals surface area contributed by atoms with Crippen LogP contribution in [0.2, 0.25) is 0 Å². The van der Waals surface area contributed by atoms with Gasteiger partial charge in [-0.25, -0.2) is 0 Å². The molecule has 0 aliphatic rings. The fraction of sp³-hybridized carbons (Fsp3) is 0.667. The molecule has 0 bridgehead atoms. The van der Waals surface area contributed by atoms with Crippen LogP contribution in [0, 0.1) is 6.92 Å². The highest BCUT2D eigenvalue weighted by atomic mass is 15.2. The van der Waals surface area contributed by atoms with E-state index in [9.17, 15) is 0 Å². The molecule has 1 unspecified atom stereocenters. The summed E-state index contributed by atoms with van der Waals surface area (Å²) in [6, 6.07) is 9.29. The van der Waals surface area contributed by atoms with Crippen molar-refractivity contribution in [3.05, 3.63) is 35.4 Å². The van der Waals surface area contributed by atoms with Gasteiger partial charge in [0.25, 0.3) is 0 Å². The number of aryl methyl sites for hydroxylation is 1. The predicted octanol–water partition coefficient (Wildman–Crippen LogP) is 3.98. The van der Waals surface area contributed by atoms with Crippen LogP contribution in [0.4, 0.5) is 0 Å². The smallest absolute Gasteiger partial charge is 0.0236 e. The third kappa shape index (κ3) is 6.06. The summed E-state index contributed by atoms with van der Waals surface area (Å²) in [6.07, 6.45) is 2.47. The lowest BCUT2D eigenvalue weighted by molar-refractivity contribution is 0.202. The maximum absolute atomic E-state index is 3.65. The van der Waals surface area contributed by atoms with Gasteiger partial charge in [-0.1, -0.05) is 37.6 Å². The Kier molecular flexibility index (Phi) is 6.70. The summed E-state index contributed by atoms with van der Waals surface area (Å²) in [5.41, 5.74) is 3.01. The van der Waals surface area contributed by atoms with E-state index in [0.29, 0.717) is 6.04 Å². The van der Waals surface area contributed by atoms with Crippen molar-refractivity contribution in [2.75, 3.05) is 13.6 Å². The third-order valence-electron chi connectivity index (χ3n) is 3.79. The molecule has 1 atom stereocenters. The lowest BCUT2D eigenvalue weighted by atomic mass is 10.0. The standard InChI is InChI=1S/C18H32N2/c1-7-10-17(13-19-18(3,4)5)20(6)14-16-12-9-8-11-15(16)2/h8-9,11-12,17,19H,7,10,13-14H2,1-6H3. The van der Waals surface area contributed by atoms with Crippen LogP contribution in [0.5, 0.6) is 0 Å². The van der Waals surface area contributed by atoms with Gasteiger partial charge in [0.2, 0.25) is 0 Å². The zero-order chi connectivity index (χ0) is 15.2. The average molecular weight is 276 g/mol. The van der Waals surface area contributed by atoms with E-state index in [2.05, 4.69) is 76.1 Å². The molecule has 2 heteroatoms. The molecule has 0 spiro atoms. The van der Waals surface area contributed by atoms with E-state index in [0.717, 1.165) is 13.1 Å². The number of rotatable bonds is 7.